The van der Waals surface area contributed by atoms with E-state index in [1.807, 2.05) is 6.07 Å². The quantitative estimate of drug-likeness (QED) is 0.838. The molecule has 0 saturated carbocycles. The summed E-state index contributed by atoms with van der Waals surface area (Å²) in [4.78, 5) is 0. The van der Waals surface area contributed by atoms with Gasteiger partial charge in [-0.15, -0.1) is 0 Å². The first-order valence-corrected chi connectivity index (χ1v) is 5.73. The van der Waals surface area contributed by atoms with Gasteiger partial charge in [-0.1, -0.05) is 13.0 Å². The monoisotopic (exact) mass is 255 g/mol. The Bertz CT molecular complexity index is 351. The minimum Gasteiger partial charge on any atom is -0.492 e. The molecule has 1 heterocycles. The van der Waals surface area contributed by atoms with Crippen LogP contribution in [0.5, 0.6) is 5.75 Å². The van der Waals surface area contributed by atoms with E-state index >= 15 is 0 Å². The summed E-state index contributed by atoms with van der Waals surface area (Å²) < 4.78 is 6.65. The van der Waals surface area contributed by atoms with Crippen LogP contribution in [0, 0.1) is 0 Å². The van der Waals surface area contributed by atoms with Crippen LogP contribution < -0.4 is 10.5 Å². The number of benzene rings is 1. The minimum absolute atomic E-state index is 0.131. The van der Waals surface area contributed by atoms with Crippen molar-refractivity contribution >= 4 is 15.9 Å². The average molecular weight is 256 g/mol. The van der Waals surface area contributed by atoms with Crippen molar-refractivity contribution in [3.05, 3.63) is 27.7 Å². The van der Waals surface area contributed by atoms with Gasteiger partial charge in [-0.25, -0.2) is 0 Å². The van der Waals surface area contributed by atoms with Crippen LogP contribution in [0.2, 0.25) is 0 Å². The first kappa shape index (κ1) is 9.99. The Hall–Kier alpha value is -0.540. The minimum atomic E-state index is 0.131. The number of hydrogen-bond donors (Lipinski definition) is 1. The smallest absolute Gasteiger partial charge is 0.138 e. The molecule has 2 rings (SSSR count). The van der Waals surface area contributed by atoms with Gasteiger partial charge in [0.1, 0.15) is 5.75 Å². The third-order valence-corrected chi connectivity index (χ3v) is 3.29. The molecule has 0 spiro atoms. The van der Waals surface area contributed by atoms with E-state index in [4.69, 9.17) is 10.5 Å². The lowest BCUT2D eigenvalue weighted by Gasteiger charge is -2.26. The lowest BCUT2D eigenvalue weighted by molar-refractivity contribution is 0.266. The summed E-state index contributed by atoms with van der Waals surface area (Å²) in [6, 6.07) is 4.29. The summed E-state index contributed by atoms with van der Waals surface area (Å²) in [5, 5.41) is 0. The third kappa shape index (κ3) is 1.55. The number of fused-ring (bicyclic) bond motifs is 1. The Morgan fingerprint density at radius 3 is 3.07 bits per heavy atom. The van der Waals surface area contributed by atoms with Crippen molar-refractivity contribution < 1.29 is 4.74 Å². The second-order valence-corrected chi connectivity index (χ2v) is 4.40. The van der Waals surface area contributed by atoms with Gasteiger partial charge in [-0.05, 0) is 34.0 Å². The van der Waals surface area contributed by atoms with E-state index < -0.39 is 0 Å². The topological polar surface area (TPSA) is 35.2 Å². The van der Waals surface area contributed by atoms with Crippen molar-refractivity contribution in [2.24, 2.45) is 5.73 Å². The van der Waals surface area contributed by atoms with Crippen LogP contribution in [0.1, 0.15) is 30.5 Å². The second kappa shape index (κ2) is 3.91. The number of rotatable bonds is 1. The maximum Gasteiger partial charge on any atom is 0.138 e. The molecule has 0 saturated heterocycles. The van der Waals surface area contributed by atoms with Crippen molar-refractivity contribution in [1.82, 2.24) is 0 Å². The normalized spacial score (nSPS) is 20.1. The average Bonchev–Trinajstić information content (AvgIpc) is 2.20. The highest BCUT2D eigenvalue weighted by atomic mass is 79.9. The molecule has 1 aliphatic rings. The van der Waals surface area contributed by atoms with Crippen LogP contribution in [-0.2, 0) is 6.42 Å². The molecular weight excluding hydrogens is 242 g/mol. The zero-order valence-corrected chi connectivity index (χ0v) is 9.80. The molecule has 0 fully saturated rings. The van der Waals surface area contributed by atoms with E-state index in [9.17, 15) is 0 Å². The summed E-state index contributed by atoms with van der Waals surface area (Å²) in [7, 11) is 0. The highest BCUT2D eigenvalue weighted by Gasteiger charge is 2.22. The van der Waals surface area contributed by atoms with Crippen molar-refractivity contribution in [3.63, 3.8) is 0 Å². The molecule has 3 heteroatoms. The van der Waals surface area contributed by atoms with E-state index in [0.29, 0.717) is 0 Å². The predicted molar refractivity (Wildman–Crippen MR) is 60.6 cm³/mol. The number of aryl methyl sites for hydroxylation is 1. The van der Waals surface area contributed by atoms with E-state index in [1.165, 1.54) is 11.1 Å². The molecule has 1 aromatic rings. The third-order valence-electron chi connectivity index (χ3n) is 2.67. The number of ether oxygens (including phenoxy) is 1. The molecule has 14 heavy (non-hydrogen) atoms. The van der Waals surface area contributed by atoms with Gasteiger partial charge in [0.05, 0.1) is 11.1 Å². The first-order valence-electron chi connectivity index (χ1n) is 4.93. The van der Waals surface area contributed by atoms with Crippen LogP contribution in [0.3, 0.4) is 0 Å². The van der Waals surface area contributed by atoms with Gasteiger partial charge >= 0.3 is 0 Å². The predicted octanol–water partition coefficient (Wildman–Crippen LogP) is 2.79. The van der Waals surface area contributed by atoms with Crippen molar-refractivity contribution in [2.75, 3.05) is 6.61 Å². The van der Waals surface area contributed by atoms with Gasteiger partial charge in [0, 0.05) is 18.0 Å². The molecule has 2 N–H and O–H groups in total. The fourth-order valence-electron chi connectivity index (χ4n) is 1.91. The SMILES string of the molecule is CCc1ccc(Br)c2c1C(N)CCO2. The van der Waals surface area contributed by atoms with Crippen LogP contribution in [-0.4, -0.2) is 6.61 Å². The molecule has 0 aliphatic carbocycles. The van der Waals surface area contributed by atoms with Gasteiger partial charge < -0.3 is 10.5 Å². The molecular formula is C11H14BrNO. The van der Waals surface area contributed by atoms with Gasteiger partial charge in [0.15, 0.2) is 0 Å². The first-order chi connectivity index (χ1) is 6.74. The van der Waals surface area contributed by atoms with Crippen molar-refractivity contribution in [1.29, 1.82) is 0 Å². The molecule has 0 aromatic heterocycles. The van der Waals surface area contributed by atoms with Gasteiger partial charge in [-0.3, -0.25) is 0 Å². The number of nitrogens with two attached hydrogens (primary N) is 1. The number of halogens is 1. The maximum atomic E-state index is 6.09. The summed E-state index contributed by atoms with van der Waals surface area (Å²) in [5.74, 6) is 0.947. The Morgan fingerprint density at radius 2 is 2.36 bits per heavy atom. The zero-order valence-electron chi connectivity index (χ0n) is 8.22. The van der Waals surface area contributed by atoms with Crippen LogP contribution in [0.4, 0.5) is 0 Å². The lowest BCUT2D eigenvalue weighted by Crippen LogP contribution is -2.22. The molecule has 0 bridgehead atoms. The highest BCUT2D eigenvalue weighted by molar-refractivity contribution is 9.10. The standard InChI is InChI=1S/C11H14BrNO/c1-2-7-3-4-8(12)11-10(7)9(13)5-6-14-11/h3-4,9H,2,5-6,13H2,1H3. The van der Waals surface area contributed by atoms with Crippen LogP contribution in [0.25, 0.3) is 0 Å². The van der Waals surface area contributed by atoms with Gasteiger partial charge in [0.2, 0.25) is 0 Å². The molecule has 1 atom stereocenters. The van der Waals surface area contributed by atoms with Crippen molar-refractivity contribution in [2.45, 2.75) is 25.8 Å². The fourth-order valence-corrected chi connectivity index (χ4v) is 2.37. The van der Waals surface area contributed by atoms with E-state index in [0.717, 1.165) is 29.7 Å². The molecule has 2 nitrogen and oxygen atoms in total. The Kier molecular flexibility index (Phi) is 2.79. The molecule has 0 amide bonds. The summed E-state index contributed by atoms with van der Waals surface area (Å²) in [6.07, 6.45) is 1.92. The highest BCUT2D eigenvalue weighted by Crippen LogP contribution is 2.39. The van der Waals surface area contributed by atoms with Crippen molar-refractivity contribution in [3.8, 4) is 5.75 Å². The Morgan fingerprint density at radius 1 is 1.57 bits per heavy atom. The lowest BCUT2D eigenvalue weighted by atomic mass is 9.94. The Balaban J connectivity index is 2.58. The van der Waals surface area contributed by atoms with Crippen LogP contribution >= 0.6 is 15.9 Å². The molecule has 0 radical (unpaired) electrons. The summed E-state index contributed by atoms with van der Waals surface area (Å²) in [5.41, 5.74) is 8.58. The summed E-state index contributed by atoms with van der Waals surface area (Å²) >= 11 is 3.49. The summed E-state index contributed by atoms with van der Waals surface area (Å²) in [6.45, 7) is 2.87. The van der Waals surface area contributed by atoms with Crippen LogP contribution in [0.15, 0.2) is 16.6 Å². The fraction of sp³-hybridized carbons (Fsp3) is 0.455. The largest absolute Gasteiger partial charge is 0.492 e. The Labute approximate surface area is 92.6 Å². The molecule has 76 valence electrons. The molecule has 1 aliphatic heterocycles. The van der Waals surface area contributed by atoms with E-state index in [1.54, 1.807) is 0 Å². The molecule has 1 unspecified atom stereocenters. The van der Waals surface area contributed by atoms with E-state index in [2.05, 4.69) is 28.9 Å². The number of hydrogen-bond acceptors (Lipinski definition) is 2. The zero-order chi connectivity index (χ0) is 10.1. The van der Waals surface area contributed by atoms with Gasteiger partial charge in [0.25, 0.3) is 0 Å². The molecule has 1 aromatic carbocycles. The second-order valence-electron chi connectivity index (χ2n) is 3.55. The maximum absolute atomic E-state index is 6.09. The van der Waals surface area contributed by atoms with E-state index in [-0.39, 0.29) is 6.04 Å². The van der Waals surface area contributed by atoms with Gasteiger partial charge in [-0.2, -0.15) is 0 Å².